The zero-order chi connectivity index (χ0) is 19.2. The Morgan fingerprint density at radius 1 is 1.15 bits per heavy atom. The average Bonchev–Trinajstić information content (AvgIpc) is 2.96. The minimum atomic E-state index is -5.16. The smallest absolute Gasteiger partial charge is 0.361 e. The molecule has 1 fully saturated rings. The Morgan fingerprint density at radius 2 is 1.73 bits per heavy atom. The molecule has 0 bridgehead atoms. The van der Waals surface area contributed by atoms with Gasteiger partial charge in [-0.3, -0.25) is 0 Å². The first-order chi connectivity index (χ1) is 12.1. The van der Waals surface area contributed by atoms with Crippen LogP contribution in [-0.2, 0) is 10.0 Å². The van der Waals surface area contributed by atoms with Crippen molar-refractivity contribution in [2.45, 2.75) is 62.2 Å². The summed E-state index contributed by atoms with van der Waals surface area (Å²) in [6.07, 6.45) is -1.97. The van der Waals surface area contributed by atoms with Crippen LogP contribution in [0.4, 0.5) is 13.2 Å². The molecular weight excluding hydrogens is 369 g/mol. The molecule has 144 valence electrons. The van der Waals surface area contributed by atoms with Gasteiger partial charge in [-0.05, 0) is 37.8 Å². The first-order valence-corrected chi connectivity index (χ1v) is 9.98. The molecule has 1 aliphatic carbocycles. The molecule has 1 N–H and O–H groups in total. The lowest BCUT2D eigenvalue weighted by atomic mass is 9.83. The van der Waals surface area contributed by atoms with Crippen molar-refractivity contribution in [3.05, 3.63) is 29.8 Å². The fraction of sp³-hybridized carbons (Fsp3) is 0.588. The van der Waals surface area contributed by atoms with Crippen molar-refractivity contribution in [1.82, 2.24) is 4.41 Å². The van der Waals surface area contributed by atoms with Gasteiger partial charge in [0.15, 0.2) is 0 Å². The largest absolute Gasteiger partial charge is 0.439 e. The lowest BCUT2D eigenvalue weighted by Crippen LogP contribution is -2.56. The number of hydrazone groups is 1. The number of hydrogen-bond donors (Lipinski definition) is 1. The Kier molecular flexibility index (Phi) is 4.81. The van der Waals surface area contributed by atoms with Crippen LogP contribution in [0.15, 0.2) is 34.3 Å². The van der Waals surface area contributed by atoms with Gasteiger partial charge in [-0.2, -0.15) is 26.7 Å². The van der Waals surface area contributed by atoms with Crippen LogP contribution in [0, 0.1) is 12.8 Å². The van der Waals surface area contributed by atoms with Gasteiger partial charge >= 0.3 is 6.18 Å². The summed E-state index contributed by atoms with van der Waals surface area (Å²) in [6, 6.07) is 5.41. The number of alkyl halides is 3. The van der Waals surface area contributed by atoms with Gasteiger partial charge in [0.25, 0.3) is 15.7 Å². The Labute approximate surface area is 150 Å². The molecule has 1 aromatic rings. The van der Waals surface area contributed by atoms with Crippen LogP contribution in [0.1, 0.15) is 44.1 Å². The predicted octanol–water partition coefficient (Wildman–Crippen LogP) is 3.58. The zero-order valence-corrected chi connectivity index (χ0v) is 15.1. The molecular formula is C17H21F3N2O3S. The molecule has 1 saturated carbocycles. The molecule has 0 radical (unpaired) electrons. The number of rotatable bonds is 3. The number of hydrogen-bond acceptors (Lipinski definition) is 4. The Morgan fingerprint density at radius 3 is 2.27 bits per heavy atom. The fourth-order valence-electron chi connectivity index (χ4n) is 3.49. The molecule has 3 rings (SSSR count). The summed E-state index contributed by atoms with van der Waals surface area (Å²) in [7, 11) is -4.64. The average molecular weight is 390 g/mol. The summed E-state index contributed by atoms with van der Waals surface area (Å²) in [5.74, 6) is -0.226. The molecule has 26 heavy (non-hydrogen) atoms. The van der Waals surface area contributed by atoms with Crippen LogP contribution >= 0.6 is 0 Å². The fourth-order valence-corrected chi connectivity index (χ4v) is 4.95. The SMILES string of the molecule is Cc1ccc(S(=O)(=O)N2N=C(C3CCCCC3)C[C@]2(O)C(F)(F)F)cc1. The van der Waals surface area contributed by atoms with E-state index >= 15 is 0 Å². The maximum Gasteiger partial charge on any atom is 0.439 e. The molecule has 1 aromatic carbocycles. The van der Waals surface area contributed by atoms with E-state index in [0.29, 0.717) is 12.8 Å². The van der Waals surface area contributed by atoms with Crippen molar-refractivity contribution in [1.29, 1.82) is 0 Å². The maximum absolute atomic E-state index is 13.6. The van der Waals surface area contributed by atoms with Crippen molar-refractivity contribution in [3.8, 4) is 0 Å². The van der Waals surface area contributed by atoms with E-state index in [2.05, 4.69) is 5.10 Å². The Hall–Kier alpha value is -1.61. The summed E-state index contributed by atoms with van der Waals surface area (Å²) in [4.78, 5) is -0.334. The first kappa shape index (κ1) is 19.2. The van der Waals surface area contributed by atoms with E-state index in [0.717, 1.165) is 24.8 Å². The van der Waals surface area contributed by atoms with Crippen LogP contribution in [0.5, 0.6) is 0 Å². The Bertz CT molecular complexity index is 800. The van der Waals surface area contributed by atoms with Gasteiger partial charge in [0.1, 0.15) is 0 Å². The van der Waals surface area contributed by atoms with E-state index in [1.54, 1.807) is 6.92 Å². The summed E-state index contributed by atoms with van der Waals surface area (Å²) in [6.45, 7) is 1.73. The van der Waals surface area contributed by atoms with E-state index in [1.807, 2.05) is 0 Å². The van der Waals surface area contributed by atoms with Crippen molar-refractivity contribution < 1.29 is 26.7 Å². The molecule has 0 spiro atoms. The molecule has 0 amide bonds. The normalized spacial score (nSPS) is 25.4. The highest BCUT2D eigenvalue weighted by molar-refractivity contribution is 7.89. The second-order valence-electron chi connectivity index (χ2n) is 6.98. The van der Waals surface area contributed by atoms with Crippen LogP contribution < -0.4 is 0 Å². The molecule has 0 aromatic heterocycles. The third kappa shape index (κ3) is 3.22. The highest BCUT2D eigenvalue weighted by Crippen LogP contribution is 2.45. The van der Waals surface area contributed by atoms with Crippen LogP contribution in [0.25, 0.3) is 0 Å². The highest BCUT2D eigenvalue weighted by atomic mass is 32.2. The van der Waals surface area contributed by atoms with Crippen LogP contribution in [0.3, 0.4) is 0 Å². The lowest BCUT2D eigenvalue weighted by molar-refractivity contribution is -0.291. The number of aryl methyl sites for hydroxylation is 1. The highest BCUT2D eigenvalue weighted by Gasteiger charge is 2.65. The molecule has 0 saturated heterocycles. The second kappa shape index (κ2) is 6.53. The molecule has 1 aliphatic heterocycles. The van der Waals surface area contributed by atoms with Gasteiger partial charge in [-0.25, -0.2) is 0 Å². The van der Waals surface area contributed by atoms with Gasteiger partial charge in [0, 0.05) is 12.1 Å². The quantitative estimate of drug-likeness (QED) is 0.858. The Balaban J connectivity index is 2.04. The van der Waals surface area contributed by atoms with E-state index in [9.17, 15) is 26.7 Å². The second-order valence-corrected chi connectivity index (χ2v) is 8.75. The number of halogens is 3. The lowest BCUT2D eigenvalue weighted by Gasteiger charge is -2.33. The van der Waals surface area contributed by atoms with E-state index in [4.69, 9.17) is 0 Å². The van der Waals surface area contributed by atoms with Gasteiger partial charge in [-0.1, -0.05) is 37.0 Å². The third-order valence-corrected chi connectivity index (χ3v) is 6.75. The summed E-state index contributed by atoms with van der Waals surface area (Å²) in [5.41, 5.74) is -2.67. The van der Waals surface area contributed by atoms with E-state index in [1.165, 1.54) is 24.3 Å². The van der Waals surface area contributed by atoms with Crippen molar-refractivity contribution in [2.24, 2.45) is 11.0 Å². The summed E-state index contributed by atoms with van der Waals surface area (Å²) < 4.78 is 66.3. The maximum atomic E-state index is 13.6. The van der Waals surface area contributed by atoms with Crippen LogP contribution in [0.2, 0.25) is 0 Å². The minimum absolute atomic E-state index is 0.111. The predicted molar refractivity (Wildman–Crippen MR) is 89.8 cm³/mol. The monoisotopic (exact) mass is 390 g/mol. The molecule has 5 nitrogen and oxygen atoms in total. The van der Waals surface area contributed by atoms with Crippen molar-refractivity contribution >= 4 is 15.7 Å². The van der Waals surface area contributed by atoms with Gasteiger partial charge in [0.05, 0.1) is 4.90 Å². The van der Waals surface area contributed by atoms with E-state index < -0.39 is 28.3 Å². The van der Waals surface area contributed by atoms with Gasteiger partial charge < -0.3 is 5.11 Å². The standard InChI is InChI=1S/C17H21F3N2O3S/c1-12-7-9-14(10-8-12)26(24,25)22-16(23,17(18,19)20)11-15(21-22)13-5-3-2-4-6-13/h7-10,13,23H,2-6,11H2,1H3/t16-/m0/s1. The van der Waals surface area contributed by atoms with Crippen molar-refractivity contribution in [3.63, 3.8) is 0 Å². The minimum Gasteiger partial charge on any atom is -0.361 e. The van der Waals surface area contributed by atoms with Crippen molar-refractivity contribution in [2.75, 3.05) is 0 Å². The van der Waals surface area contributed by atoms with Gasteiger partial charge in [-0.15, -0.1) is 4.41 Å². The third-order valence-electron chi connectivity index (χ3n) is 5.04. The number of benzene rings is 1. The topological polar surface area (TPSA) is 70.0 Å². The summed E-state index contributed by atoms with van der Waals surface area (Å²) in [5, 5.41) is 14.1. The van der Waals surface area contributed by atoms with Crippen LogP contribution in [-0.4, -0.2) is 35.6 Å². The number of nitrogens with zero attached hydrogens (tertiary/aromatic N) is 2. The summed E-state index contributed by atoms with van der Waals surface area (Å²) >= 11 is 0. The molecule has 0 unspecified atom stereocenters. The molecule has 1 atom stereocenters. The molecule has 9 heteroatoms. The van der Waals surface area contributed by atoms with Gasteiger partial charge in [0.2, 0.25) is 0 Å². The molecule has 1 heterocycles. The molecule has 2 aliphatic rings. The zero-order valence-electron chi connectivity index (χ0n) is 14.3. The number of sulfonamides is 1. The first-order valence-electron chi connectivity index (χ1n) is 8.54. The van der Waals surface area contributed by atoms with E-state index in [-0.39, 0.29) is 20.9 Å². The number of aliphatic hydroxyl groups is 1.